The summed E-state index contributed by atoms with van der Waals surface area (Å²) in [6.45, 7) is 0. The summed E-state index contributed by atoms with van der Waals surface area (Å²) < 4.78 is 6.18. The van der Waals surface area contributed by atoms with Crippen LogP contribution in [0.15, 0.2) is 253 Å². The van der Waals surface area contributed by atoms with E-state index in [0.29, 0.717) is 0 Å². The molecule has 300 valence electrons. The van der Waals surface area contributed by atoms with Crippen LogP contribution in [0.5, 0.6) is 0 Å². The predicted octanol–water partition coefficient (Wildman–Crippen LogP) is 17.7. The van der Waals surface area contributed by atoms with Crippen molar-refractivity contribution < 1.29 is 4.42 Å². The van der Waals surface area contributed by atoms with E-state index >= 15 is 0 Å². The molecule has 0 spiro atoms. The van der Waals surface area contributed by atoms with Gasteiger partial charge in [-0.3, -0.25) is 0 Å². The Morgan fingerprint density at radius 2 is 0.781 bits per heavy atom. The zero-order valence-electron chi connectivity index (χ0n) is 35.0. The number of hydrogen-bond acceptors (Lipinski definition) is 2. The first kappa shape index (κ1) is 37.3. The fourth-order valence-corrected chi connectivity index (χ4v) is 9.57. The summed E-state index contributed by atoms with van der Waals surface area (Å²) in [5.74, 6) is 0. The van der Waals surface area contributed by atoms with Crippen molar-refractivity contribution in [1.82, 2.24) is 0 Å². The molecule has 0 N–H and O–H groups in total. The molecule has 0 aliphatic carbocycles. The van der Waals surface area contributed by atoms with E-state index in [1.165, 1.54) is 66.1 Å². The molecular formula is C62H41NO. The average Bonchev–Trinajstić information content (AvgIpc) is 3.75. The van der Waals surface area contributed by atoms with Crippen LogP contribution in [0.3, 0.4) is 0 Å². The number of para-hydroxylation sites is 1. The van der Waals surface area contributed by atoms with Gasteiger partial charge in [0.05, 0.1) is 5.69 Å². The van der Waals surface area contributed by atoms with Gasteiger partial charge in [-0.1, -0.05) is 194 Å². The maximum atomic E-state index is 6.18. The summed E-state index contributed by atoms with van der Waals surface area (Å²) in [6.07, 6.45) is 0. The second-order valence-corrected chi connectivity index (χ2v) is 16.4. The smallest absolute Gasteiger partial charge is 0.135 e. The quantitative estimate of drug-likeness (QED) is 0.142. The van der Waals surface area contributed by atoms with Crippen molar-refractivity contribution >= 4 is 60.5 Å². The third-order valence-corrected chi connectivity index (χ3v) is 12.7. The van der Waals surface area contributed by atoms with E-state index in [-0.39, 0.29) is 0 Å². The van der Waals surface area contributed by atoms with Crippen LogP contribution < -0.4 is 4.90 Å². The van der Waals surface area contributed by atoms with Gasteiger partial charge in [-0.25, -0.2) is 0 Å². The van der Waals surface area contributed by atoms with Gasteiger partial charge in [-0.05, 0) is 126 Å². The van der Waals surface area contributed by atoms with Crippen LogP contribution in [0.25, 0.3) is 99.1 Å². The molecule has 0 fully saturated rings. The second-order valence-electron chi connectivity index (χ2n) is 16.4. The summed E-state index contributed by atoms with van der Waals surface area (Å²) >= 11 is 0. The summed E-state index contributed by atoms with van der Waals surface area (Å²) in [5.41, 5.74) is 16.7. The zero-order valence-corrected chi connectivity index (χ0v) is 35.0. The first-order valence-corrected chi connectivity index (χ1v) is 21.9. The van der Waals surface area contributed by atoms with Crippen LogP contribution in [0, 0.1) is 0 Å². The van der Waals surface area contributed by atoms with Crippen LogP contribution in [-0.2, 0) is 0 Å². The number of nitrogens with zero attached hydrogens (tertiary/aromatic N) is 1. The normalized spacial score (nSPS) is 11.4. The second kappa shape index (κ2) is 15.8. The van der Waals surface area contributed by atoms with E-state index in [0.717, 1.165) is 50.1 Å². The van der Waals surface area contributed by atoms with Crippen molar-refractivity contribution in [2.24, 2.45) is 0 Å². The van der Waals surface area contributed by atoms with E-state index in [4.69, 9.17) is 4.42 Å². The molecular weight excluding hydrogens is 775 g/mol. The molecule has 64 heavy (non-hydrogen) atoms. The van der Waals surface area contributed by atoms with E-state index in [1.54, 1.807) is 0 Å². The van der Waals surface area contributed by atoms with Crippen molar-refractivity contribution in [3.8, 4) is 55.6 Å². The molecule has 1 aromatic heterocycles. The van der Waals surface area contributed by atoms with Gasteiger partial charge in [0.2, 0.25) is 0 Å². The molecule has 12 aromatic rings. The molecule has 11 aromatic carbocycles. The molecule has 0 aliphatic heterocycles. The maximum Gasteiger partial charge on any atom is 0.135 e. The highest BCUT2D eigenvalue weighted by atomic mass is 16.3. The lowest BCUT2D eigenvalue weighted by Crippen LogP contribution is -2.12. The monoisotopic (exact) mass is 815 g/mol. The molecule has 0 unspecified atom stereocenters. The number of benzene rings is 11. The number of rotatable bonds is 8. The molecule has 0 atom stereocenters. The van der Waals surface area contributed by atoms with Gasteiger partial charge in [0, 0.05) is 27.7 Å². The van der Waals surface area contributed by atoms with Crippen LogP contribution in [-0.4, -0.2) is 0 Å². The Kier molecular flexibility index (Phi) is 9.20. The lowest BCUT2D eigenvalue weighted by Gasteiger charge is -2.30. The van der Waals surface area contributed by atoms with E-state index in [9.17, 15) is 0 Å². The molecule has 0 amide bonds. The summed E-state index contributed by atoms with van der Waals surface area (Å²) in [5, 5.41) is 7.30. The minimum atomic E-state index is 0.898. The fraction of sp³-hybridized carbons (Fsp3) is 0. The maximum absolute atomic E-state index is 6.18. The van der Waals surface area contributed by atoms with Crippen molar-refractivity contribution in [3.63, 3.8) is 0 Å². The van der Waals surface area contributed by atoms with Gasteiger partial charge < -0.3 is 9.32 Å². The Morgan fingerprint density at radius 3 is 1.52 bits per heavy atom. The zero-order chi connectivity index (χ0) is 42.4. The lowest BCUT2D eigenvalue weighted by molar-refractivity contribution is 0.669. The molecule has 0 saturated heterocycles. The number of hydrogen-bond donors (Lipinski definition) is 0. The molecule has 1 heterocycles. The van der Waals surface area contributed by atoms with E-state index in [2.05, 4.69) is 241 Å². The van der Waals surface area contributed by atoms with Gasteiger partial charge >= 0.3 is 0 Å². The largest absolute Gasteiger partial charge is 0.456 e. The topological polar surface area (TPSA) is 16.4 Å². The Balaban J connectivity index is 1.03. The van der Waals surface area contributed by atoms with Gasteiger partial charge in [0.1, 0.15) is 11.2 Å². The molecule has 0 radical (unpaired) electrons. The third-order valence-electron chi connectivity index (χ3n) is 12.7. The van der Waals surface area contributed by atoms with Crippen LogP contribution in [0.1, 0.15) is 0 Å². The minimum Gasteiger partial charge on any atom is -0.456 e. The van der Waals surface area contributed by atoms with Gasteiger partial charge in [-0.15, -0.1) is 0 Å². The molecule has 0 saturated carbocycles. The molecule has 0 aliphatic rings. The van der Waals surface area contributed by atoms with Crippen LogP contribution in [0.4, 0.5) is 17.1 Å². The number of anilines is 3. The Morgan fingerprint density at radius 1 is 0.266 bits per heavy atom. The average molecular weight is 816 g/mol. The first-order chi connectivity index (χ1) is 31.7. The van der Waals surface area contributed by atoms with Crippen molar-refractivity contribution in [1.29, 1.82) is 0 Å². The highest BCUT2D eigenvalue weighted by Gasteiger charge is 2.23. The van der Waals surface area contributed by atoms with Crippen LogP contribution >= 0.6 is 0 Å². The predicted molar refractivity (Wildman–Crippen MR) is 271 cm³/mol. The third kappa shape index (κ3) is 6.61. The van der Waals surface area contributed by atoms with Crippen molar-refractivity contribution in [3.05, 3.63) is 249 Å². The Bertz CT molecular complexity index is 3640. The van der Waals surface area contributed by atoms with E-state index in [1.807, 2.05) is 12.1 Å². The highest BCUT2D eigenvalue weighted by molar-refractivity contribution is 6.09. The molecule has 0 bridgehead atoms. The van der Waals surface area contributed by atoms with Crippen molar-refractivity contribution in [2.75, 3.05) is 4.90 Å². The first-order valence-electron chi connectivity index (χ1n) is 21.9. The highest BCUT2D eigenvalue weighted by Crippen LogP contribution is 2.48. The standard InChI is InChI=1S/C62H41NO/c1-3-14-44(15-4-1)53-20-9-10-22-57(53)62-55(45-16-5-2-6-17-45)23-13-24-59(62)63(51-36-30-43(31-37-51)48-33-39-61-58(41-48)56-21-11-12-25-60(56)64-61)50-34-28-42(29-35-50)47-32-38-54-49(40-47)27-26-46-18-7-8-19-52(46)54/h1-41H. The molecule has 2 nitrogen and oxygen atoms in total. The SMILES string of the molecule is c1ccc(-c2ccccc2-c2c(-c3ccccc3)cccc2N(c2ccc(-c3ccc4c(ccc5ccccc54)c3)cc2)c2ccc(-c3ccc4oc5ccccc5c4c3)cc2)cc1. The van der Waals surface area contributed by atoms with Gasteiger partial charge in [0.15, 0.2) is 0 Å². The van der Waals surface area contributed by atoms with Gasteiger partial charge in [-0.2, -0.15) is 0 Å². The minimum absolute atomic E-state index is 0.898. The lowest BCUT2D eigenvalue weighted by atomic mass is 9.87. The summed E-state index contributed by atoms with van der Waals surface area (Å²) in [7, 11) is 0. The number of furan rings is 1. The van der Waals surface area contributed by atoms with Crippen LogP contribution in [0.2, 0.25) is 0 Å². The Hall–Kier alpha value is -8.46. The summed E-state index contributed by atoms with van der Waals surface area (Å²) in [6, 6.07) is 89.9. The summed E-state index contributed by atoms with van der Waals surface area (Å²) in [4.78, 5) is 2.43. The molecule has 2 heteroatoms. The van der Waals surface area contributed by atoms with Gasteiger partial charge in [0.25, 0.3) is 0 Å². The number of fused-ring (bicyclic) bond motifs is 6. The van der Waals surface area contributed by atoms with Crippen molar-refractivity contribution in [2.45, 2.75) is 0 Å². The molecule has 12 rings (SSSR count). The van der Waals surface area contributed by atoms with E-state index < -0.39 is 0 Å². The Labute approximate surface area is 372 Å². The fourth-order valence-electron chi connectivity index (χ4n) is 9.57.